The van der Waals surface area contributed by atoms with E-state index in [-0.39, 0.29) is 29.8 Å². The molecule has 7 nitrogen and oxygen atoms in total. The molecule has 3 atom stereocenters. The first kappa shape index (κ1) is 19.9. The molecule has 1 saturated heterocycles. The molecule has 1 aliphatic heterocycles. The van der Waals surface area contributed by atoms with Gasteiger partial charge in [-0.1, -0.05) is 25.1 Å². The van der Waals surface area contributed by atoms with Gasteiger partial charge in [0.25, 0.3) is 5.91 Å². The van der Waals surface area contributed by atoms with Crippen molar-refractivity contribution < 1.29 is 19.1 Å². The van der Waals surface area contributed by atoms with Gasteiger partial charge in [0.1, 0.15) is 17.5 Å². The Hall–Kier alpha value is -3.35. The molecule has 2 aromatic carbocycles. The molecule has 4 rings (SSSR count). The first-order valence-electron chi connectivity index (χ1n) is 10.0. The number of rotatable bonds is 6. The highest BCUT2D eigenvalue weighted by Gasteiger charge is 2.63. The number of piperidine rings is 1. The number of benzene rings is 2. The van der Waals surface area contributed by atoms with E-state index in [1.165, 1.54) is 0 Å². The molecule has 0 spiro atoms. The highest BCUT2D eigenvalue weighted by atomic mass is 16.5. The van der Waals surface area contributed by atoms with Crippen LogP contribution < -0.4 is 15.8 Å². The first-order valence-corrected chi connectivity index (χ1v) is 10.0. The lowest BCUT2D eigenvalue weighted by Crippen LogP contribution is -2.49. The maximum absolute atomic E-state index is 12.7. The molecular formula is C23H25N3O4. The van der Waals surface area contributed by atoms with E-state index in [4.69, 9.17) is 10.5 Å². The third-order valence-corrected chi connectivity index (χ3v) is 6.06. The second-order valence-electron chi connectivity index (χ2n) is 8.38. The molecule has 1 heterocycles. The monoisotopic (exact) mass is 407 g/mol. The van der Waals surface area contributed by atoms with Gasteiger partial charge in [0.05, 0.1) is 6.54 Å². The minimum absolute atomic E-state index is 0.0228. The van der Waals surface area contributed by atoms with Crippen LogP contribution in [0.1, 0.15) is 35.7 Å². The van der Waals surface area contributed by atoms with Crippen LogP contribution in [0, 0.1) is 12.3 Å². The van der Waals surface area contributed by atoms with Crippen LogP contribution in [0.5, 0.6) is 11.5 Å². The number of fused-ring (bicyclic) bond motifs is 1. The maximum Gasteiger partial charge on any atom is 0.251 e. The van der Waals surface area contributed by atoms with Crippen LogP contribution in [-0.2, 0) is 9.59 Å². The summed E-state index contributed by atoms with van der Waals surface area (Å²) in [6, 6.07) is 14.0. The molecule has 1 aliphatic carbocycles. The summed E-state index contributed by atoms with van der Waals surface area (Å²) in [5.74, 6) is 0.242. The Labute approximate surface area is 175 Å². The number of aryl methyl sites for hydroxylation is 1. The molecule has 3 amide bonds. The number of hydrogen-bond acceptors (Lipinski definition) is 4. The van der Waals surface area contributed by atoms with E-state index in [9.17, 15) is 14.4 Å². The van der Waals surface area contributed by atoms with Gasteiger partial charge in [0.2, 0.25) is 11.8 Å². The van der Waals surface area contributed by atoms with Crippen LogP contribution in [0.15, 0.2) is 48.5 Å². The van der Waals surface area contributed by atoms with Crippen molar-refractivity contribution in [3.63, 3.8) is 0 Å². The molecule has 7 heteroatoms. The summed E-state index contributed by atoms with van der Waals surface area (Å²) in [5.41, 5.74) is 6.69. The number of nitrogens with zero attached hydrogens (tertiary/aromatic N) is 1. The molecule has 0 bridgehead atoms. The van der Waals surface area contributed by atoms with Crippen molar-refractivity contribution in [1.29, 1.82) is 0 Å². The maximum atomic E-state index is 12.7. The second-order valence-corrected chi connectivity index (χ2v) is 8.38. The molecule has 3 N–H and O–H groups in total. The molecule has 1 saturated carbocycles. The summed E-state index contributed by atoms with van der Waals surface area (Å²) in [4.78, 5) is 38.5. The Morgan fingerprint density at radius 1 is 1.17 bits per heavy atom. The smallest absolute Gasteiger partial charge is 0.251 e. The third kappa shape index (κ3) is 3.75. The van der Waals surface area contributed by atoms with E-state index in [0.717, 1.165) is 12.0 Å². The van der Waals surface area contributed by atoms with E-state index < -0.39 is 11.9 Å². The minimum Gasteiger partial charge on any atom is -0.457 e. The third-order valence-electron chi connectivity index (χ3n) is 6.06. The predicted octanol–water partition coefficient (Wildman–Crippen LogP) is 2.38. The Balaban J connectivity index is 1.38. The van der Waals surface area contributed by atoms with Crippen molar-refractivity contribution in [2.24, 2.45) is 11.1 Å². The van der Waals surface area contributed by atoms with Crippen LogP contribution >= 0.6 is 0 Å². The lowest BCUT2D eigenvalue weighted by atomic mass is 10.0. The number of nitrogens with two attached hydrogens (primary N) is 1. The number of amides is 3. The van der Waals surface area contributed by atoms with Crippen LogP contribution in [0.3, 0.4) is 0 Å². The normalized spacial score (nSPS) is 24.1. The first-order chi connectivity index (χ1) is 14.3. The Bertz CT molecular complexity index is 1010. The summed E-state index contributed by atoms with van der Waals surface area (Å²) >= 11 is 0. The minimum atomic E-state index is -0.588. The molecule has 0 aromatic heterocycles. The zero-order valence-corrected chi connectivity index (χ0v) is 17.1. The van der Waals surface area contributed by atoms with Gasteiger partial charge < -0.3 is 20.7 Å². The molecule has 30 heavy (non-hydrogen) atoms. The molecule has 156 valence electrons. The van der Waals surface area contributed by atoms with Gasteiger partial charge in [-0.15, -0.1) is 0 Å². The Morgan fingerprint density at radius 3 is 2.57 bits per heavy atom. The van der Waals surface area contributed by atoms with E-state index in [1.807, 2.05) is 37.3 Å². The summed E-state index contributed by atoms with van der Waals surface area (Å²) < 4.78 is 5.83. The quantitative estimate of drug-likeness (QED) is 0.768. The Morgan fingerprint density at radius 2 is 1.90 bits per heavy atom. The average molecular weight is 407 g/mol. The van der Waals surface area contributed by atoms with E-state index in [0.29, 0.717) is 23.5 Å². The molecule has 3 unspecified atom stereocenters. The average Bonchev–Trinajstić information content (AvgIpc) is 3.28. The van der Waals surface area contributed by atoms with Crippen LogP contribution in [0.25, 0.3) is 0 Å². The van der Waals surface area contributed by atoms with Crippen molar-refractivity contribution in [1.82, 2.24) is 10.2 Å². The van der Waals surface area contributed by atoms with Gasteiger partial charge in [-0.3, -0.25) is 14.4 Å². The summed E-state index contributed by atoms with van der Waals surface area (Å²) in [5, 5.41) is 2.66. The van der Waals surface area contributed by atoms with Crippen LogP contribution in [0.2, 0.25) is 0 Å². The van der Waals surface area contributed by atoms with E-state index in [2.05, 4.69) is 12.2 Å². The fraction of sp³-hybridized carbons (Fsp3) is 0.348. The standard InChI is InChI=1S/C23H25N3O4/c1-14-10-15(8-9-18(14)30-16-6-4-3-5-7-16)22(29)25-13-20(27)26-17(21(24)28)11-23(2)12-19(23)26/h3-10,17,19H,11-13H2,1-2H3,(H2,24,28)(H,25,29). The van der Waals surface area contributed by atoms with Crippen molar-refractivity contribution in [3.05, 3.63) is 59.7 Å². The molecule has 2 aromatic rings. The number of likely N-dealkylation sites (tertiary alicyclic amines) is 1. The predicted molar refractivity (Wildman–Crippen MR) is 111 cm³/mol. The number of carbonyl (C=O) groups is 3. The van der Waals surface area contributed by atoms with Gasteiger partial charge in [-0.25, -0.2) is 0 Å². The molecule has 0 radical (unpaired) electrons. The SMILES string of the molecule is Cc1cc(C(=O)NCC(=O)N2C(C(N)=O)CC3(C)CC23)ccc1Oc1ccccc1. The van der Waals surface area contributed by atoms with Crippen LogP contribution in [-0.4, -0.2) is 41.2 Å². The lowest BCUT2D eigenvalue weighted by Gasteiger charge is -2.25. The second kappa shape index (κ2) is 7.48. The van der Waals surface area contributed by atoms with Gasteiger partial charge in [-0.2, -0.15) is 0 Å². The van der Waals surface area contributed by atoms with Crippen LogP contribution in [0.4, 0.5) is 0 Å². The van der Waals surface area contributed by atoms with Crippen molar-refractivity contribution in [2.45, 2.75) is 38.8 Å². The largest absolute Gasteiger partial charge is 0.457 e. The van der Waals surface area contributed by atoms with Gasteiger partial charge >= 0.3 is 0 Å². The summed E-state index contributed by atoms with van der Waals surface area (Å²) in [6.45, 7) is 3.74. The fourth-order valence-electron chi connectivity index (χ4n) is 4.25. The number of ether oxygens (including phenoxy) is 1. The number of para-hydroxylation sites is 1. The molecule has 2 aliphatic rings. The van der Waals surface area contributed by atoms with Gasteiger partial charge in [0.15, 0.2) is 0 Å². The molecule has 2 fully saturated rings. The number of hydrogen-bond donors (Lipinski definition) is 2. The van der Waals surface area contributed by atoms with Crippen molar-refractivity contribution in [3.8, 4) is 11.5 Å². The zero-order valence-electron chi connectivity index (χ0n) is 17.1. The van der Waals surface area contributed by atoms with Crippen molar-refractivity contribution >= 4 is 17.7 Å². The number of primary amides is 1. The fourth-order valence-corrected chi connectivity index (χ4v) is 4.25. The Kier molecular flexibility index (Phi) is 4.97. The number of nitrogens with one attached hydrogen (secondary N) is 1. The summed E-state index contributed by atoms with van der Waals surface area (Å²) in [6.07, 6.45) is 1.47. The topological polar surface area (TPSA) is 102 Å². The highest BCUT2D eigenvalue weighted by molar-refractivity contribution is 5.97. The molecular weight excluding hydrogens is 382 g/mol. The summed E-state index contributed by atoms with van der Waals surface area (Å²) in [7, 11) is 0. The van der Waals surface area contributed by atoms with Gasteiger partial charge in [-0.05, 0) is 61.1 Å². The van der Waals surface area contributed by atoms with Gasteiger partial charge in [0, 0.05) is 11.6 Å². The van der Waals surface area contributed by atoms with E-state index in [1.54, 1.807) is 23.1 Å². The number of carbonyl (C=O) groups excluding carboxylic acids is 3. The highest BCUT2D eigenvalue weighted by Crippen LogP contribution is 2.59. The van der Waals surface area contributed by atoms with Crippen molar-refractivity contribution in [2.75, 3.05) is 6.54 Å². The zero-order chi connectivity index (χ0) is 21.5. The van der Waals surface area contributed by atoms with E-state index >= 15 is 0 Å². The lowest BCUT2D eigenvalue weighted by molar-refractivity contribution is -0.137.